The molecular weight excluding hydrogens is 482 g/mol. The van der Waals surface area contributed by atoms with Crippen LogP contribution in [0.3, 0.4) is 0 Å². The van der Waals surface area contributed by atoms with Crippen LogP contribution in [-0.4, -0.2) is 71.0 Å². The molecule has 0 bridgehead atoms. The third kappa shape index (κ3) is 4.97. The van der Waals surface area contributed by atoms with Crippen LogP contribution in [-0.2, 0) is 14.3 Å². The minimum absolute atomic E-state index is 0.0928. The van der Waals surface area contributed by atoms with E-state index >= 15 is 0 Å². The van der Waals surface area contributed by atoms with Crippen LogP contribution in [0.25, 0.3) is 22.2 Å². The average molecular weight is 520 g/mol. The number of nitrogen functional groups attached to an aromatic ring is 1. The molecule has 1 unspecified atom stereocenters. The SMILES string of the molecule is COC(=O)[C@H]1CCCN1CC1CC(n2cc(-c3cccc(OCC4CCCCO4)c3)c3c(N)ncnc32)C1. The third-order valence-corrected chi connectivity index (χ3v) is 8.43. The molecule has 3 aromatic rings. The zero-order valence-electron chi connectivity index (χ0n) is 22.1. The fourth-order valence-corrected chi connectivity index (χ4v) is 6.34. The molecule has 9 heteroatoms. The quantitative estimate of drug-likeness (QED) is 0.441. The molecule has 6 rings (SSSR count). The van der Waals surface area contributed by atoms with Crippen molar-refractivity contribution in [3.8, 4) is 16.9 Å². The molecule has 1 aromatic carbocycles. The smallest absolute Gasteiger partial charge is 0.323 e. The van der Waals surface area contributed by atoms with Gasteiger partial charge in [-0.25, -0.2) is 9.97 Å². The summed E-state index contributed by atoms with van der Waals surface area (Å²) >= 11 is 0. The maximum Gasteiger partial charge on any atom is 0.323 e. The number of nitrogens with zero attached hydrogens (tertiary/aromatic N) is 4. The van der Waals surface area contributed by atoms with Crippen molar-refractivity contribution in [2.24, 2.45) is 5.92 Å². The summed E-state index contributed by atoms with van der Waals surface area (Å²) in [6.45, 7) is 3.28. The second kappa shape index (κ2) is 10.9. The van der Waals surface area contributed by atoms with Gasteiger partial charge in [-0.3, -0.25) is 9.69 Å². The third-order valence-electron chi connectivity index (χ3n) is 8.43. The molecule has 0 radical (unpaired) electrons. The molecule has 1 aliphatic carbocycles. The predicted octanol–water partition coefficient (Wildman–Crippen LogP) is 4.22. The van der Waals surface area contributed by atoms with Gasteiger partial charge in [0.2, 0.25) is 0 Å². The van der Waals surface area contributed by atoms with Crippen LogP contribution in [0.5, 0.6) is 5.75 Å². The number of likely N-dealkylation sites (tertiary alicyclic amines) is 1. The molecule has 4 heterocycles. The molecule has 2 aliphatic heterocycles. The molecule has 2 saturated heterocycles. The van der Waals surface area contributed by atoms with Crippen LogP contribution in [0.1, 0.15) is 51.0 Å². The molecule has 3 fully saturated rings. The Hall–Kier alpha value is -3.17. The fourth-order valence-electron chi connectivity index (χ4n) is 6.34. The lowest BCUT2D eigenvalue weighted by Gasteiger charge is -2.39. The number of hydrogen-bond acceptors (Lipinski definition) is 8. The highest BCUT2D eigenvalue weighted by molar-refractivity contribution is 6.00. The first-order valence-electron chi connectivity index (χ1n) is 13.9. The van der Waals surface area contributed by atoms with E-state index in [9.17, 15) is 4.79 Å². The van der Waals surface area contributed by atoms with Crippen molar-refractivity contribution in [2.45, 2.75) is 63.1 Å². The highest BCUT2D eigenvalue weighted by Gasteiger charge is 2.38. The van der Waals surface area contributed by atoms with E-state index in [2.05, 4.69) is 37.8 Å². The number of benzene rings is 1. The summed E-state index contributed by atoms with van der Waals surface area (Å²) < 4.78 is 19.2. The van der Waals surface area contributed by atoms with E-state index in [1.807, 2.05) is 12.1 Å². The number of methoxy groups -OCH3 is 1. The zero-order chi connectivity index (χ0) is 26.1. The Labute approximate surface area is 223 Å². The van der Waals surface area contributed by atoms with Crippen molar-refractivity contribution < 1.29 is 19.0 Å². The fraction of sp³-hybridized carbons (Fsp3) is 0.552. The van der Waals surface area contributed by atoms with Crippen LogP contribution in [0.4, 0.5) is 5.82 Å². The van der Waals surface area contributed by atoms with E-state index in [1.54, 1.807) is 6.33 Å². The van der Waals surface area contributed by atoms with Crippen molar-refractivity contribution in [3.63, 3.8) is 0 Å². The summed E-state index contributed by atoms with van der Waals surface area (Å²) in [6.07, 6.45) is 11.3. The lowest BCUT2D eigenvalue weighted by Crippen LogP contribution is -2.43. The number of hydrogen-bond donors (Lipinski definition) is 1. The molecule has 3 aliphatic rings. The van der Waals surface area contributed by atoms with Gasteiger partial charge in [0.15, 0.2) is 0 Å². The number of rotatable bonds is 8. The van der Waals surface area contributed by atoms with Crippen molar-refractivity contribution in [2.75, 3.05) is 39.1 Å². The molecule has 0 amide bonds. The summed E-state index contributed by atoms with van der Waals surface area (Å²) in [7, 11) is 1.48. The van der Waals surface area contributed by atoms with Gasteiger partial charge in [0, 0.05) is 31.0 Å². The highest BCUT2D eigenvalue weighted by atomic mass is 16.5. The number of carbonyl (C=O) groups is 1. The molecule has 2 N–H and O–H groups in total. The van der Waals surface area contributed by atoms with E-state index < -0.39 is 0 Å². The van der Waals surface area contributed by atoms with E-state index in [0.29, 0.717) is 24.4 Å². The number of nitrogens with two attached hydrogens (primary N) is 1. The van der Waals surface area contributed by atoms with Gasteiger partial charge in [0.25, 0.3) is 0 Å². The van der Waals surface area contributed by atoms with E-state index in [4.69, 9.17) is 19.9 Å². The van der Waals surface area contributed by atoms with E-state index in [1.165, 1.54) is 13.5 Å². The highest BCUT2D eigenvalue weighted by Crippen LogP contribution is 2.44. The van der Waals surface area contributed by atoms with Gasteiger partial charge < -0.3 is 24.5 Å². The van der Waals surface area contributed by atoms with E-state index in [-0.39, 0.29) is 18.1 Å². The minimum Gasteiger partial charge on any atom is -0.491 e. The summed E-state index contributed by atoms with van der Waals surface area (Å²) in [6, 6.07) is 8.40. The molecule has 2 aromatic heterocycles. The number of anilines is 1. The first-order valence-corrected chi connectivity index (χ1v) is 13.9. The van der Waals surface area contributed by atoms with Gasteiger partial charge in [0.1, 0.15) is 36.2 Å². The molecule has 1 saturated carbocycles. The van der Waals surface area contributed by atoms with Gasteiger partial charge in [-0.15, -0.1) is 0 Å². The lowest BCUT2D eigenvalue weighted by atomic mass is 9.79. The average Bonchev–Trinajstić information content (AvgIpc) is 3.55. The van der Waals surface area contributed by atoms with Crippen LogP contribution >= 0.6 is 0 Å². The second-order valence-corrected chi connectivity index (χ2v) is 10.9. The number of esters is 1. The maximum atomic E-state index is 12.2. The van der Waals surface area contributed by atoms with Crippen LogP contribution < -0.4 is 10.5 Å². The molecular formula is C29H37N5O4. The Morgan fingerprint density at radius 1 is 1.18 bits per heavy atom. The second-order valence-electron chi connectivity index (χ2n) is 10.9. The molecule has 0 spiro atoms. The first kappa shape index (κ1) is 25.1. The van der Waals surface area contributed by atoms with Crippen molar-refractivity contribution in [1.82, 2.24) is 19.4 Å². The van der Waals surface area contributed by atoms with Gasteiger partial charge in [-0.1, -0.05) is 12.1 Å². The summed E-state index contributed by atoms with van der Waals surface area (Å²) in [5.41, 5.74) is 9.31. The Balaban J connectivity index is 1.19. The largest absolute Gasteiger partial charge is 0.491 e. The summed E-state index contributed by atoms with van der Waals surface area (Å²) in [5, 5.41) is 0.883. The molecule has 38 heavy (non-hydrogen) atoms. The van der Waals surface area contributed by atoms with Crippen LogP contribution in [0.15, 0.2) is 36.8 Å². The normalized spacial score (nSPS) is 25.8. The van der Waals surface area contributed by atoms with Crippen molar-refractivity contribution >= 4 is 22.8 Å². The lowest BCUT2D eigenvalue weighted by molar-refractivity contribution is -0.146. The number of carbonyl (C=O) groups excluding carboxylic acids is 1. The molecule has 9 nitrogen and oxygen atoms in total. The minimum atomic E-state index is -0.107. The molecule has 202 valence electrons. The standard InChI is InChI=1S/C29H37N5O4/c1-36-29(35)25-9-5-10-33(25)15-19-12-21(13-19)34-16-24(26-27(30)31-18-32-28(26)34)20-6-4-8-22(14-20)38-17-23-7-2-3-11-37-23/h4,6,8,14,16,18-19,21,23,25H,2-3,5,7,9-13,15,17H2,1H3,(H2,30,31,32)/t19?,21?,23?,25-/m1/s1. The number of fused-ring (bicyclic) bond motifs is 1. The van der Waals surface area contributed by atoms with Crippen molar-refractivity contribution in [1.29, 1.82) is 0 Å². The van der Waals surface area contributed by atoms with Crippen LogP contribution in [0.2, 0.25) is 0 Å². The van der Waals surface area contributed by atoms with Crippen LogP contribution in [0, 0.1) is 5.92 Å². The van der Waals surface area contributed by atoms with Crippen molar-refractivity contribution in [3.05, 3.63) is 36.8 Å². The Kier molecular flexibility index (Phi) is 7.21. The first-order chi connectivity index (χ1) is 18.6. The Bertz CT molecular complexity index is 1280. The van der Waals surface area contributed by atoms with Gasteiger partial charge in [0.05, 0.1) is 18.6 Å². The summed E-state index contributed by atoms with van der Waals surface area (Å²) in [5.74, 6) is 1.75. The Morgan fingerprint density at radius 3 is 2.89 bits per heavy atom. The molecule has 2 atom stereocenters. The zero-order valence-corrected chi connectivity index (χ0v) is 22.1. The topological polar surface area (TPSA) is 105 Å². The summed E-state index contributed by atoms with van der Waals surface area (Å²) in [4.78, 5) is 23.4. The number of ether oxygens (including phenoxy) is 3. The van der Waals surface area contributed by atoms with Gasteiger partial charge >= 0.3 is 5.97 Å². The van der Waals surface area contributed by atoms with Gasteiger partial charge in [-0.2, -0.15) is 0 Å². The van der Waals surface area contributed by atoms with E-state index in [0.717, 1.165) is 86.1 Å². The number of aromatic nitrogens is 3. The monoisotopic (exact) mass is 519 g/mol. The predicted molar refractivity (Wildman–Crippen MR) is 145 cm³/mol. The maximum absolute atomic E-state index is 12.2. The van der Waals surface area contributed by atoms with Gasteiger partial charge in [-0.05, 0) is 75.1 Å². The Morgan fingerprint density at radius 2 is 2.08 bits per heavy atom.